The molecule has 3 rings (SSSR count). The maximum atomic E-state index is 13.1. The second-order valence-electron chi connectivity index (χ2n) is 5.75. The standard InChI is InChI=1S/C19H14ClF3O5/c1-2-26-11-3-5-12(6-4-11)27-16-9-15-10(8-14(16)20)7-13(18(24)25)17(28-15)19(21,22)23/h3-9,17H,2H2,1H3,(H,24,25)/p-1. The SMILES string of the molecule is CCOc1ccc(Oc2cc3c(cc2Cl)C=C(C(=O)[O-])C(C(F)(F)F)O3)cc1. The molecule has 0 aliphatic carbocycles. The Kier molecular flexibility index (Phi) is 5.42. The quantitative estimate of drug-likeness (QED) is 0.741. The molecule has 28 heavy (non-hydrogen) atoms. The van der Waals surface area contributed by atoms with Crippen molar-refractivity contribution in [2.45, 2.75) is 19.2 Å². The summed E-state index contributed by atoms with van der Waals surface area (Å²) in [6.07, 6.45) is -6.75. The first-order chi connectivity index (χ1) is 13.2. The Morgan fingerprint density at radius 1 is 1.21 bits per heavy atom. The molecule has 2 aromatic carbocycles. The third-order valence-corrected chi connectivity index (χ3v) is 4.09. The number of carbonyl (C=O) groups excluding carboxylic acids is 1. The van der Waals surface area contributed by atoms with Gasteiger partial charge < -0.3 is 24.1 Å². The Bertz CT molecular complexity index is 922. The molecule has 1 aliphatic rings. The van der Waals surface area contributed by atoms with Gasteiger partial charge in [-0.2, -0.15) is 13.2 Å². The van der Waals surface area contributed by atoms with Crippen molar-refractivity contribution in [2.75, 3.05) is 6.61 Å². The number of hydrogen-bond donors (Lipinski definition) is 0. The van der Waals surface area contributed by atoms with Gasteiger partial charge in [0.2, 0.25) is 6.10 Å². The molecule has 0 fully saturated rings. The smallest absolute Gasteiger partial charge is 0.429 e. The molecule has 0 N–H and O–H groups in total. The lowest BCUT2D eigenvalue weighted by Gasteiger charge is -2.29. The fourth-order valence-electron chi connectivity index (χ4n) is 2.58. The summed E-state index contributed by atoms with van der Waals surface area (Å²) >= 11 is 6.13. The number of alkyl halides is 3. The fraction of sp³-hybridized carbons (Fsp3) is 0.211. The van der Waals surface area contributed by atoms with Crippen molar-refractivity contribution in [3.63, 3.8) is 0 Å². The molecule has 0 aromatic heterocycles. The molecule has 0 saturated carbocycles. The molecule has 2 aromatic rings. The van der Waals surface area contributed by atoms with Crippen molar-refractivity contribution in [3.05, 3.63) is 52.6 Å². The van der Waals surface area contributed by atoms with Gasteiger partial charge in [0.25, 0.3) is 0 Å². The molecule has 148 valence electrons. The molecule has 1 atom stereocenters. The molecule has 1 aliphatic heterocycles. The van der Waals surface area contributed by atoms with Crippen LogP contribution in [0.3, 0.4) is 0 Å². The summed E-state index contributed by atoms with van der Waals surface area (Å²) in [7, 11) is 0. The second-order valence-corrected chi connectivity index (χ2v) is 6.16. The Hall–Kier alpha value is -2.87. The third-order valence-electron chi connectivity index (χ3n) is 3.80. The van der Waals surface area contributed by atoms with Gasteiger partial charge in [-0.3, -0.25) is 0 Å². The van der Waals surface area contributed by atoms with Gasteiger partial charge in [0, 0.05) is 17.2 Å². The number of aliphatic carboxylic acids is 1. The zero-order valence-corrected chi connectivity index (χ0v) is 15.1. The first kappa shape index (κ1) is 19.9. The van der Waals surface area contributed by atoms with Gasteiger partial charge in [0.15, 0.2) is 0 Å². The van der Waals surface area contributed by atoms with E-state index in [0.717, 1.165) is 6.08 Å². The molecule has 0 radical (unpaired) electrons. The summed E-state index contributed by atoms with van der Waals surface area (Å²) < 4.78 is 55.2. The van der Waals surface area contributed by atoms with E-state index in [1.165, 1.54) is 12.1 Å². The summed E-state index contributed by atoms with van der Waals surface area (Å²) in [5.74, 6) is -1.13. The summed E-state index contributed by atoms with van der Waals surface area (Å²) in [6.45, 7) is 2.34. The zero-order valence-electron chi connectivity index (χ0n) is 14.4. The van der Waals surface area contributed by atoms with E-state index in [0.29, 0.717) is 18.1 Å². The molecule has 9 heteroatoms. The fourth-order valence-corrected chi connectivity index (χ4v) is 2.79. The van der Waals surface area contributed by atoms with Crippen molar-refractivity contribution in [3.8, 4) is 23.0 Å². The van der Waals surface area contributed by atoms with Crippen molar-refractivity contribution in [1.82, 2.24) is 0 Å². The van der Waals surface area contributed by atoms with Gasteiger partial charge in [-0.15, -0.1) is 0 Å². The van der Waals surface area contributed by atoms with Crippen molar-refractivity contribution in [2.24, 2.45) is 0 Å². The molecule has 5 nitrogen and oxygen atoms in total. The van der Waals surface area contributed by atoms with Gasteiger partial charge in [-0.1, -0.05) is 11.6 Å². The predicted molar refractivity (Wildman–Crippen MR) is 92.6 cm³/mol. The van der Waals surface area contributed by atoms with Crippen LogP contribution in [-0.4, -0.2) is 24.9 Å². The van der Waals surface area contributed by atoms with Crippen LogP contribution in [0.1, 0.15) is 12.5 Å². The molecule has 0 spiro atoms. The minimum atomic E-state index is -4.93. The molecule has 1 heterocycles. The molecular weight excluding hydrogens is 401 g/mol. The maximum absolute atomic E-state index is 13.1. The average molecular weight is 414 g/mol. The highest BCUT2D eigenvalue weighted by Crippen LogP contribution is 2.42. The van der Waals surface area contributed by atoms with Crippen molar-refractivity contribution >= 4 is 23.6 Å². The Labute approximate surface area is 162 Å². The van der Waals surface area contributed by atoms with E-state index >= 15 is 0 Å². The third kappa shape index (κ3) is 4.17. The lowest BCUT2D eigenvalue weighted by molar-refractivity contribution is -0.302. The van der Waals surface area contributed by atoms with Crippen LogP contribution in [0.25, 0.3) is 6.08 Å². The van der Waals surface area contributed by atoms with Crippen LogP contribution in [0.15, 0.2) is 42.0 Å². The van der Waals surface area contributed by atoms with Gasteiger partial charge in [0.1, 0.15) is 23.0 Å². The minimum Gasteiger partial charge on any atom is -0.545 e. The van der Waals surface area contributed by atoms with Crippen LogP contribution in [-0.2, 0) is 4.79 Å². The highest BCUT2D eigenvalue weighted by atomic mass is 35.5. The number of benzene rings is 2. The Morgan fingerprint density at radius 3 is 2.43 bits per heavy atom. The highest BCUT2D eigenvalue weighted by molar-refractivity contribution is 6.32. The average Bonchev–Trinajstić information content (AvgIpc) is 2.62. The molecule has 0 saturated heterocycles. The zero-order chi connectivity index (χ0) is 20.5. The van der Waals surface area contributed by atoms with Gasteiger partial charge in [-0.25, -0.2) is 0 Å². The van der Waals surface area contributed by atoms with Crippen molar-refractivity contribution in [1.29, 1.82) is 0 Å². The number of halogens is 4. The molecule has 0 bridgehead atoms. The Morgan fingerprint density at radius 2 is 1.86 bits per heavy atom. The molecular formula is C19H13ClF3O5-. The van der Waals surface area contributed by atoms with E-state index in [2.05, 4.69) is 0 Å². The van der Waals surface area contributed by atoms with Crippen LogP contribution in [0.2, 0.25) is 5.02 Å². The first-order valence-electron chi connectivity index (χ1n) is 8.09. The van der Waals surface area contributed by atoms with Gasteiger partial charge in [-0.05, 0) is 43.3 Å². The van der Waals surface area contributed by atoms with Crippen LogP contribution in [0.4, 0.5) is 13.2 Å². The van der Waals surface area contributed by atoms with Crippen molar-refractivity contribution < 1.29 is 37.3 Å². The van der Waals surface area contributed by atoms with E-state index in [1.54, 1.807) is 24.3 Å². The predicted octanol–water partition coefficient (Wildman–Crippen LogP) is 3.99. The number of rotatable bonds is 5. The van der Waals surface area contributed by atoms with Crippen LogP contribution in [0.5, 0.6) is 23.0 Å². The number of ether oxygens (including phenoxy) is 3. The maximum Gasteiger partial charge on any atom is 0.429 e. The van der Waals surface area contributed by atoms with E-state index in [1.807, 2.05) is 6.92 Å². The largest absolute Gasteiger partial charge is 0.545 e. The minimum absolute atomic E-state index is 0.0517. The monoisotopic (exact) mass is 413 g/mol. The molecule has 0 amide bonds. The lowest BCUT2D eigenvalue weighted by Crippen LogP contribution is -2.44. The van der Waals surface area contributed by atoms with E-state index in [4.69, 9.17) is 25.8 Å². The summed E-state index contributed by atoms with van der Waals surface area (Å²) in [4.78, 5) is 11.1. The van der Waals surface area contributed by atoms with E-state index < -0.39 is 23.8 Å². The lowest BCUT2D eigenvalue weighted by atomic mass is 10.0. The summed E-state index contributed by atoms with van der Waals surface area (Å²) in [6, 6.07) is 8.97. The van der Waals surface area contributed by atoms with Gasteiger partial charge in [0.05, 0.1) is 17.6 Å². The number of hydrogen-bond acceptors (Lipinski definition) is 5. The van der Waals surface area contributed by atoms with E-state index in [9.17, 15) is 23.1 Å². The Balaban J connectivity index is 1.93. The van der Waals surface area contributed by atoms with Gasteiger partial charge >= 0.3 is 6.18 Å². The first-order valence-corrected chi connectivity index (χ1v) is 8.47. The molecule has 1 unspecified atom stereocenters. The normalized spacial score (nSPS) is 15.9. The summed E-state index contributed by atoms with van der Waals surface area (Å²) in [5, 5.41) is 11.1. The van der Waals surface area contributed by atoms with Crippen LogP contribution in [0, 0.1) is 0 Å². The summed E-state index contributed by atoms with van der Waals surface area (Å²) in [5.41, 5.74) is -0.958. The van der Waals surface area contributed by atoms with Crippen LogP contribution >= 0.6 is 11.6 Å². The van der Waals surface area contributed by atoms with E-state index in [-0.39, 0.29) is 22.1 Å². The highest BCUT2D eigenvalue weighted by Gasteiger charge is 2.46. The number of carboxylic acid groups (broad SMARTS) is 1. The number of carbonyl (C=O) groups is 1. The topological polar surface area (TPSA) is 67.8 Å². The second kappa shape index (κ2) is 7.63. The van der Waals surface area contributed by atoms with Crippen LogP contribution < -0.4 is 19.3 Å². The number of fused-ring (bicyclic) bond motifs is 1. The number of carboxylic acids is 1.